The summed E-state index contributed by atoms with van der Waals surface area (Å²) in [5.41, 5.74) is 0.985. The summed E-state index contributed by atoms with van der Waals surface area (Å²) in [5.74, 6) is 0.404. The molecule has 0 aliphatic rings. The van der Waals surface area contributed by atoms with Gasteiger partial charge in [-0.15, -0.1) is 17.9 Å². The molecule has 2 heterocycles. The van der Waals surface area contributed by atoms with E-state index in [4.69, 9.17) is 4.42 Å². The van der Waals surface area contributed by atoms with E-state index >= 15 is 0 Å². The molecule has 0 radical (unpaired) electrons. The van der Waals surface area contributed by atoms with Gasteiger partial charge in [-0.1, -0.05) is 29.8 Å². The number of anilines is 1. The Balaban J connectivity index is 2.10. The fourth-order valence-corrected chi connectivity index (χ4v) is 4.03. The van der Waals surface area contributed by atoms with Crippen LogP contribution >= 0.6 is 11.3 Å². The minimum Gasteiger partial charge on any atom is -0.418 e. The highest BCUT2D eigenvalue weighted by molar-refractivity contribution is 7.91. The van der Waals surface area contributed by atoms with E-state index in [1.165, 1.54) is 11.3 Å². The average Bonchev–Trinajstić information content (AvgIpc) is 3.22. The van der Waals surface area contributed by atoms with Gasteiger partial charge in [0.15, 0.2) is 0 Å². The molecule has 0 bridgehead atoms. The minimum atomic E-state index is -3.78. The standard InChI is InChI=1S/C17H16N2O3S2/c1-3-10-18-16-17(19-15(22-16)14-5-4-11-23-14)24(20,21)13-8-6-12(2)7-9-13/h3-9,11,18H,1,10H2,2H3. The monoisotopic (exact) mass is 360 g/mol. The van der Waals surface area contributed by atoms with E-state index < -0.39 is 9.84 Å². The molecule has 0 aliphatic heterocycles. The largest absolute Gasteiger partial charge is 0.418 e. The molecule has 3 rings (SSSR count). The van der Waals surface area contributed by atoms with Crippen molar-refractivity contribution in [2.45, 2.75) is 16.8 Å². The van der Waals surface area contributed by atoms with Crippen molar-refractivity contribution in [3.05, 3.63) is 60.0 Å². The Morgan fingerprint density at radius 3 is 2.67 bits per heavy atom. The van der Waals surface area contributed by atoms with Crippen molar-refractivity contribution in [1.82, 2.24) is 4.98 Å². The van der Waals surface area contributed by atoms with Gasteiger partial charge >= 0.3 is 0 Å². The van der Waals surface area contributed by atoms with Crippen LogP contribution in [0.15, 0.2) is 68.8 Å². The summed E-state index contributed by atoms with van der Waals surface area (Å²) in [7, 11) is -3.78. The number of aromatic nitrogens is 1. The zero-order valence-corrected chi connectivity index (χ0v) is 14.7. The number of sulfone groups is 1. The summed E-state index contributed by atoms with van der Waals surface area (Å²) in [5, 5.41) is 4.68. The Labute approximate surface area is 144 Å². The van der Waals surface area contributed by atoms with Gasteiger partial charge in [-0.2, -0.15) is 4.98 Å². The molecule has 0 spiro atoms. The van der Waals surface area contributed by atoms with E-state index in [-0.39, 0.29) is 21.7 Å². The van der Waals surface area contributed by atoms with E-state index in [0.29, 0.717) is 6.54 Å². The number of hydrogen-bond donors (Lipinski definition) is 1. The van der Waals surface area contributed by atoms with Gasteiger partial charge in [0.1, 0.15) is 0 Å². The lowest BCUT2D eigenvalue weighted by Crippen LogP contribution is -2.07. The maximum Gasteiger partial charge on any atom is 0.240 e. The average molecular weight is 360 g/mol. The summed E-state index contributed by atoms with van der Waals surface area (Å²) < 4.78 is 31.5. The van der Waals surface area contributed by atoms with Crippen LogP contribution in [0.2, 0.25) is 0 Å². The second-order valence-corrected chi connectivity index (χ2v) is 7.93. The summed E-state index contributed by atoms with van der Waals surface area (Å²) >= 11 is 1.43. The van der Waals surface area contributed by atoms with Crippen molar-refractivity contribution in [1.29, 1.82) is 0 Å². The maximum absolute atomic E-state index is 12.9. The normalized spacial score (nSPS) is 11.4. The van der Waals surface area contributed by atoms with Crippen LogP contribution in [0.5, 0.6) is 0 Å². The molecule has 124 valence electrons. The molecule has 24 heavy (non-hydrogen) atoms. The first kappa shape index (κ1) is 16.5. The Kier molecular flexibility index (Phi) is 4.55. The molecule has 0 fully saturated rings. The van der Waals surface area contributed by atoms with Crippen LogP contribution in [0.3, 0.4) is 0 Å². The molecule has 0 unspecified atom stereocenters. The van der Waals surface area contributed by atoms with Crippen LogP contribution < -0.4 is 5.32 Å². The second-order valence-electron chi connectivity index (χ2n) is 5.12. The number of benzene rings is 1. The van der Waals surface area contributed by atoms with Gasteiger partial charge in [0.05, 0.1) is 9.77 Å². The van der Waals surface area contributed by atoms with E-state index in [1.807, 2.05) is 24.4 Å². The summed E-state index contributed by atoms with van der Waals surface area (Å²) in [6, 6.07) is 10.3. The number of aryl methyl sites for hydroxylation is 1. The summed E-state index contributed by atoms with van der Waals surface area (Å²) in [6.45, 7) is 5.89. The quantitative estimate of drug-likeness (QED) is 0.669. The Hall–Kier alpha value is -2.38. The minimum absolute atomic E-state index is 0.114. The molecular formula is C17H16N2O3S2. The molecule has 0 amide bonds. The molecule has 2 aromatic heterocycles. The van der Waals surface area contributed by atoms with E-state index in [9.17, 15) is 8.42 Å². The number of nitrogens with one attached hydrogen (secondary N) is 1. The highest BCUT2D eigenvalue weighted by Gasteiger charge is 2.28. The first-order chi connectivity index (χ1) is 11.5. The lowest BCUT2D eigenvalue weighted by molar-refractivity contribution is 0.580. The van der Waals surface area contributed by atoms with Gasteiger partial charge in [0.25, 0.3) is 0 Å². The fourth-order valence-electron chi connectivity index (χ4n) is 2.10. The lowest BCUT2D eigenvalue weighted by Gasteiger charge is -2.04. The highest BCUT2D eigenvalue weighted by Crippen LogP contribution is 2.33. The summed E-state index contributed by atoms with van der Waals surface area (Å²) in [4.78, 5) is 5.18. The van der Waals surface area contributed by atoms with Gasteiger partial charge in [-0.3, -0.25) is 0 Å². The van der Waals surface area contributed by atoms with Gasteiger partial charge in [0, 0.05) is 6.54 Å². The summed E-state index contributed by atoms with van der Waals surface area (Å²) in [6.07, 6.45) is 1.62. The predicted molar refractivity (Wildman–Crippen MR) is 95.1 cm³/mol. The lowest BCUT2D eigenvalue weighted by atomic mass is 10.2. The van der Waals surface area contributed by atoms with Crippen LogP contribution in [0.4, 0.5) is 5.88 Å². The van der Waals surface area contributed by atoms with Crippen molar-refractivity contribution in [3.63, 3.8) is 0 Å². The molecule has 1 aromatic carbocycles. The molecule has 1 N–H and O–H groups in total. The van der Waals surface area contributed by atoms with Gasteiger partial charge < -0.3 is 9.73 Å². The first-order valence-electron chi connectivity index (χ1n) is 7.23. The van der Waals surface area contributed by atoms with Crippen molar-refractivity contribution in [3.8, 4) is 10.8 Å². The zero-order valence-electron chi connectivity index (χ0n) is 13.0. The third-order valence-electron chi connectivity index (χ3n) is 3.32. The van der Waals surface area contributed by atoms with Gasteiger partial charge in [-0.05, 0) is 30.5 Å². The van der Waals surface area contributed by atoms with Crippen LogP contribution in [-0.2, 0) is 9.84 Å². The molecule has 0 saturated carbocycles. The molecule has 5 nitrogen and oxygen atoms in total. The van der Waals surface area contributed by atoms with E-state index in [0.717, 1.165) is 10.4 Å². The van der Waals surface area contributed by atoms with Crippen LogP contribution in [0.1, 0.15) is 5.56 Å². The first-order valence-corrected chi connectivity index (χ1v) is 9.60. The number of rotatable bonds is 6. The zero-order chi connectivity index (χ0) is 17.2. The Morgan fingerprint density at radius 1 is 1.29 bits per heavy atom. The van der Waals surface area contributed by atoms with Crippen molar-refractivity contribution < 1.29 is 12.8 Å². The molecule has 0 aliphatic carbocycles. The molecular weight excluding hydrogens is 344 g/mol. The molecule has 0 saturated heterocycles. The maximum atomic E-state index is 12.9. The van der Waals surface area contributed by atoms with Crippen LogP contribution in [0.25, 0.3) is 10.8 Å². The van der Waals surface area contributed by atoms with Crippen LogP contribution in [-0.4, -0.2) is 19.9 Å². The third-order valence-corrected chi connectivity index (χ3v) is 5.86. The Morgan fingerprint density at radius 2 is 2.04 bits per heavy atom. The van der Waals surface area contributed by atoms with E-state index in [2.05, 4.69) is 16.9 Å². The fraction of sp³-hybridized carbons (Fsp3) is 0.118. The van der Waals surface area contributed by atoms with E-state index in [1.54, 1.807) is 30.3 Å². The van der Waals surface area contributed by atoms with Gasteiger partial charge in [-0.25, -0.2) is 8.42 Å². The third kappa shape index (κ3) is 3.13. The van der Waals surface area contributed by atoms with Crippen molar-refractivity contribution in [2.24, 2.45) is 0 Å². The molecule has 0 atom stereocenters. The number of oxazole rings is 1. The van der Waals surface area contributed by atoms with Gasteiger partial charge in [0.2, 0.25) is 26.6 Å². The predicted octanol–water partition coefficient (Wildman–Crippen LogP) is 4.14. The van der Waals surface area contributed by atoms with Crippen LogP contribution in [0, 0.1) is 6.92 Å². The number of thiophene rings is 1. The Bertz CT molecular complexity index is 940. The van der Waals surface area contributed by atoms with Crippen molar-refractivity contribution in [2.75, 3.05) is 11.9 Å². The molecule has 7 heteroatoms. The SMILES string of the molecule is C=CCNc1oc(-c2cccs2)nc1S(=O)(=O)c1ccc(C)cc1. The molecule has 3 aromatic rings. The van der Waals surface area contributed by atoms with Crippen molar-refractivity contribution >= 4 is 27.1 Å². The highest BCUT2D eigenvalue weighted by atomic mass is 32.2. The number of hydrogen-bond acceptors (Lipinski definition) is 6. The second kappa shape index (κ2) is 6.62. The smallest absolute Gasteiger partial charge is 0.240 e. The number of nitrogens with zero attached hydrogens (tertiary/aromatic N) is 1. The topological polar surface area (TPSA) is 72.2 Å².